The van der Waals surface area contributed by atoms with E-state index in [-0.39, 0.29) is 18.9 Å². The highest BCUT2D eigenvalue weighted by Gasteiger charge is 2.21. The van der Waals surface area contributed by atoms with E-state index in [0.717, 1.165) is 25.7 Å². The van der Waals surface area contributed by atoms with Crippen molar-refractivity contribution in [2.45, 2.75) is 340 Å². The lowest BCUT2D eigenvalue weighted by Crippen LogP contribution is -2.46. The summed E-state index contributed by atoms with van der Waals surface area (Å²) in [5, 5.41) is 33.6. The number of aliphatic hydroxyl groups excluding tert-OH is 3. The molecule has 1 amide bonds. The third-order valence-electron chi connectivity index (χ3n) is 13.4. The Labute approximate surface area is 377 Å². The summed E-state index contributed by atoms with van der Waals surface area (Å²) in [4.78, 5) is 12.5. The molecule has 0 fully saturated rings. The van der Waals surface area contributed by atoms with Crippen molar-refractivity contribution in [2.75, 3.05) is 6.61 Å². The number of hydrogen-bond acceptors (Lipinski definition) is 4. The molecule has 0 aromatic rings. The number of aliphatic hydroxyl groups is 3. The second-order valence-electron chi connectivity index (χ2n) is 19.6. The molecule has 0 aromatic carbocycles. The fourth-order valence-electron chi connectivity index (χ4n) is 9.17. The zero-order valence-corrected chi connectivity index (χ0v) is 41.1. The molecule has 0 heterocycles. The van der Waals surface area contributed by atoms with Gasteiger partial charge in [-0.15, -0.1) is 0 Å². The van der Waals surface area contributed by atoms with E-state index in [1.165, 1.54) is 263 Å². The van der Waals surface area contributed by atoms with Crippen LogP contribution in [0.4, 0.5) is 0 Å². The molecule has 0 radical (unpaired) electrons. The molecule has 5 heteroatoms. The van der Waals surface area contributed by atoms with Crippen LogP contribution in [0.25, 0.3) is 0 Å². The maximum Gasteiger partial charge on any atom is 0.222 e. The Morgan fingerprint density at radius 3 is 0.800 bits per heavy atom. The van der Waals surface area contributed by atoms with Crippen molar-refractivity contribution in [3.05, 3.63) is 0 Å². The number of carbonyl (C=O) groups excluding carboxylic acids is 1. The average molecular weight is 850 g/mol. The molecule has 360 valence electrons. The summed E-state index contributed by atoms with van der Waals surface area (Å²) in [6.45, 7) is 4.31. The largest absolute Gasteiger partial charge is 0.394 e. The van der Waals surface area contributed by atoms with E-state index in [2.05, 4.69) is 19.2 Å². The molecule has 0 aromatic heterocycles. The van der Waals surface area contributed by atoms with Crippen LogP contribution in [-0.4, -0.2) is 46.1 Å². The lowest BCUT2D eigenvalue weighted by atomic mass is 10.0. The summed E-state index contributed by atoms with van der Waals surface area (Å²) in [6.07, 6.45) is 61.1. The van der Waals surface area contributed by atoms with E-state index >= 15 is 0 Å². The molecule has 3 atom stereocenters. The highest BCUT2D eigenvalue weighted by molar-refractivity contribution is 5.76. The van der Waals surface area contributed by atoms with E-state index in [4.69, 9.17) is 0 Å². The minimum absolute atomic E-state index is 0.0435. The smallest absolute Gasteiger partial charge is 0.222 e. The molecule has 60 heavy (non-hydrogen) atoms. The van der Waals surface area contributed by atoms with Crippen LogP contribution < -0.4 is 5.32 Å². The molecule has 0 spiro atoms. The molecule has 0 aliphatic heterocycles. The molecule has 0 aliphatic carbocycles. The molecule has 0 rings (SSSR count). The van der Waals surface area contributed by atoms with Crippen LogP contribution in [0.5, 0.6) is 0 Å². The third kappa shape index (κ3) is 46.8. The van der Waals surface area contributed by atoms with Crippen LogP contribution in [0.15, 0.2) is 0 Å². The van der Waals surface area contributed by atoms with Gasteiger partial charge < -0.3 is 20.6 Å². The summed E-state index contributed by atoms with van der Waals surface area (Å²) < 4.78 is 0. The molecule has 5 nitrogen and oxygen atoms in total. The zero-order valence-electron chi connectivity index (χ0n) is 41.1. The Kier molecular flexibility index (Phi) is 50.4. The monoisotopic (exact) mass is 850 g/mol. The first-order valence-corrected chi connectivity index (χ1v) is 27.8. The first-order valence-electron chi connectivity index (χ1n) is 27.8. The minimum Gasteiger partial charge on any atom is -0.394 e. The number of unbranched alkanes of at least 4 members (excludes halogenated alkanes) is 43. The van der Waals surface area contributed by atoms with Gasteiger partial charge in [0, 0.05) is 0 Å². The quantitative estimate of drug-likeness (QED) is 0.0459. The number of rotatable bonds is 52. The fourth-order valence-corrected chi connectivity index (χ4v) is 9.17. The van der Waals surface area contributed by atoms with Crippen molar-refractivity contribution < 1.29 is 20.1 Å². The summed E-state index contributed by atoms with van der Waals surface area (Å²) in [5.74, 6) is -0.274. The molecule has 0 saturated heterocycles. The average Bonchev–Trinajstić information content (AvgIpc) is 3.24. The van der Waals surface area contributed by atoms with Gasteiger partial charge in [0.05, 0.1) is 31.3 Å². The van der Waals surface area contributed by atoms with Crippen LogP contribution in [0, 0.1) is 0 Å². The first kappa shape index (κ1) is 59.4. The maximum absolute atomic E-state index is 12.5. The van der Waals surface area contributed by atoms with Gasteiger partial charge in [-0.1, -0.05) is 303 Å². The lowest BCUT2D eigenvalue weighted by molar-refractivity contribution is -0.125. The number of nitrogens with one attached hydrogen (secondary N) is 1. The van der Waals surface area contributed by atoms with Gasteiger partial charge in [0.1, 0.15) is 0 Å². The van der Waals surface area contributed by atoms with E-state index in [1.807, 2.05) is 0 Å². The summed E-state index contributed by atoms with van der Waals surface area (Å²) >= 11 is 0. The van der Waals surface area contributed by atoms with Crippen LogP contribution in [0.1, 0.15) is 322 Å². The van der Waals surface area contributed by atoms with E-state index in [1.54, 1.807) is 0 Å². The van der Waals surface area contributed by atoms with Gasteiger partial charge in [0.15, 0.2) is 0 Å². The van der Waals surface area contributed by atoms with Gasteiger partial charge in [0.2, 0.25) is 5.91 Å². The second-order valence-corrected chi connectivity index (χ2v) is 19.6. The maximum atomic E-state index is 12.5. The first-order chi connectivity index (χ1) is 29.5. The molecular weight excluding hydrogens is 739 g/mol. The lowest BCUT2D eigenvalue weighted by Gasteiger charge is -2.23. The second kappa shape index (κ2) is 51.0. The van der Waals surface area contributed by atoms with Crippen molar-refractivity contribution in [1.29, 1.82) is 0 Å². The van der Waals surface area contributed by atoms with Gasteiger partial charge in [-0.3, -0.25) is 4.79 Å². The molecule has 4 N–H and O–H groups in total. The van der Waals surface area contributed by atoms with Gasteiger partial charge >= 0.3 is 0 Å². The van der Waals surface area contributed by atoms with Crippen LogP contribution in [-0.2, 0) is 4.79 Å². The van der Waals surface area contributed by atoms with Crippen LogP contribution >= 0.6 is 0 Å². The van der Waals surface area contributed by atoms with Crippen molar-refractivity contribution >= 4 is 5.91 Å². The number of hydrogen-bond donors (Lipinski definition) is 4. The SMILES string of the molecule is CCCCCCCCCCCCCCCCCCCCCCCCCCCC(O)C(CO)NC(=O)CC(O)CCCCCCCCCCCCCCCCCCCCCC. The predicted octanol–water partition coefficient (Wildman–Crippen LogP) is 16.9. The zero-order chi connectivity index (χ0) is 43.7. The molecule has 0 saturated carbocycles. The minimum atomic E-state index is -0.745. The standard InChI is InChI=1S/C55H111NO4/c1-3-5-7-9-11-13-15-17-19-21-23-25-26-27-28-29-31-33-35-37-39-41-43-45-47-49-54(59)53(51-57)56-55(60)50-52(58)48-46-44-42-40-38-36-34-32-30-24-22-20-18-16-14-12-10-8-6-4-2/h52-54,57-59H,3-51H2,1-2H3,(H,56,60). The van der Waals surface area contributed by atoms with E-state index in [0.29, 0.717) is 12.8 Å². The van der Waals surface area contributed by atoms with Gasteiger partial charge in [0.25, 0.3) is 0 Å². The Hall–Kier alpha value is -0.650. The Bertz CT molecular complexity index is 807. The molecular formula is C55H111NO4. The molecule has 0 bridgehead atoms. The van der Waals surface area contributed by atoms with E-state index in [9.17, 15) is 20.1 Å². The van der Waals surface area contributed by atoms with Crippen molar-refractivity contribution in [2.24, 2.45) is 0 Å². The highest BCUT2D eigenvalue weighted by atomic mass is 16.3. The fraction of sp³-hybridized carbons (Fsp3) is 0.982. The Morgan fingerprint density at radius 2 is 0.567 bits per heavy atom. The van der Waals surface area contributed by atoms with Gasteiger partial charge in [-0.25, -0.2) is 0 Å². The van der Waals surface area contributed by atoms with Gasteiger partial charge in [-0.2, -0.15) is 0 Å². The summed E-state index contributed by atoms with van der Waals surface area (Å²) in [7, 11) is 0. The Morgan fingerprint density at radius 1 is 0.350 bits per heavy atom. The summed E-state index contributed by atoms with van der Waals surface area (Å²) in [5.41, 5.74) is 0. The van der Waals surface area contributed by atoms with Crippen molar-refractivity contribution in [3.63, 3.8) is 0 Å². The third-order valence-corrected chi connectivity index (χ3v) is 13.4. The normalized spacial score (nSPS) is 13.2. The highest BCUT2D eigenvalue weighted by Crippen LogP contribution is 2.18. The van der Waals surface area contributed by atoms with Crippen LogP contribution in [0.2, 0.25) is 0 Å². The Balaban J connectivity index is 3.49. The summed E-state index contributed by atoms with van der Waals surface area (Å²) in [6, 6.07) is -0.654. The molecule has 0 aliphatic rings. The number of carbonyl (C=O) groups is 1. The number of amides is 1. The van der Waals surface area contributed by atoms with E-state index < -0.39 is 18.2 Å². The van der Waals surface area contributed by atoms with Crippen LogP contribution in [0.3, 0.4) is 0 Å². The topological polar surface area (TPSA) is 89.8 Å². The van der Waals surface area contributed by atoms with Gasteiger partial charge in [-0.05, 0) is 12.8 Å². The van der Waals surface area contributed by atoms with Crippen molar-refractivity contribution in [1.82, 2.24) is 5.32 Å². The molecule has 3 unspecified atom stereocenters. The predicted molar refractivity (Wildman–Crippen MR) is 264 cm³/mol. The van der Waals surface area contributed by atoms with Crippen molar-refractivity contribution in [3.8, 4) is 0 Å².